The largest absolute Gasteiger partial charge is 0.341 e. The van der Waals surface area contributed by atoms with E-state index in [1.165, 1.54) is 11.1 Å². The van der Waals surface area contributed by atoms with Crippen LogP contribution >= 0.6 is 0 Å². The standard InChI is InChI=1S/C17H27N3O/c1-4-9-20(11-10-19(2)3)17(21)16-13-18-12-14-7-5-6-8-15(14)16/h5-8,16,18H,4,9-13H2,1-3H3. The lowest BCUT2D eigenvalue weighted by Gasteiger charge is -2.32. The Bertz CT molecular complexity index is 473. The van der Waals surface area contributed by atoms with Crippen molar-refractivity contribution in [2.75, 3.05) is 40.3 Å². The van der Waals surface area contributed by atoms with Gasteiger partial charge in [-0.05, 0) is 31.6 Å². The third kappa shape index (κ3) is 4.05. The first-order valence-corrected chi connectivity index (χ1v) is 7.85. The van der Waals surface area contributed by atoms with E-state index in [0.29, 0.717) is 0 Å². The summed E-state index contributed by atoms with van der Waals surface area (Å²) in [4.78, 5) is 17.1. The Labute approximate surface area is 128 Å². The van der Waals surface area contributed by atoms with E-state index in [2.05, 4.69) is 29.3 Å². The van der Waals surface area contributed by atoms with Crippen LogP contribution in [0, 0.1) is 0 Å². The van der Waals surface area contributed by atoms with Crippen LogP contribution in [0.1, 0.15) is 30.4 Å². The first-order valence-electron chi connectivity index (χ1n) is 7.85. The van der Waals surface area contributed by atoms with Crippen LogP contribution in [0.15, 0.2) is 24.3 Å². The lowest BCUT2D eigenvalue weighted by atomic mass is 9.89. The topological polar surface area (TPSA) is 35.6 Å². The first kappa shape index (κ1) is 16.0. The zero-order chi connectivity index (χ0) is 15.2. The SMILES string of the molecule is CCCN(CCN(C)C)C(=O)C1CNCc2ccccc21. The van der Waals surface area contributed by atoms with Crippen LogP contribution in [0.2, 0.25) is 0 Å². The zero-order valence-corrected chi connectivity index (χ0v) is 13.4. The molecule has 1 unspecified atom stereocenters. The van der Waals surface area contributed by atoms with Crippen LogP contribution in [0.5, 0.6) is 0 Å². The second-order valence-corrected chi connectivity index (χ2v) is 6.01. The minimum absolute atomic E-state index is 0.0383. The van der Waals surface area contributed by atoms with E-state index >= 15 is 0 Å². The van der Waals surface area contributed by atoms with Crippen molar-refractivity contribution in [2.24, 2.45) is 0 Å². The molecule has 4 heteroatoms. The minimum atomic E-state index is -0.0383. The molecule has 1 N–H and O–H groups in total. The van der Waals surface area contributed by atoms with Gasteiger partial charge in [0.05, 0.1) is 5.92 Å². The Morgan fingerprint density at radius 2 is 2.00 bits per heavy atom. The van der Waals surface area contributed by atoms with E-state index in [4.69, 9.17) is 0 Å². The summed E-state index contributed by atoms with van der Waals surface area (Å²) >= 11 is 0. The Morgan fingerprint density at radius 3 is 2.71 bits per heavy atom. The molecule has 1 atom stereocenters. The van der Waals surface area contributed by atoms with E-state index in [9.17, 15) is 4.79 Å². The van der Waals surface area contributed by atoms with Crippen LogP contribution in [0.3, 0.4) is 0 Å². The number of rotatable bonds is 6. The number of carbonyl (C=O) groups excluding carboxylic acids is 1. The molecule has 1 aromatic carbocycles. The number of hydrogen-bond acceptors (Lipinski definition) is 3. The quantitative estimate of drug-likeness (QED) is 0.865. The van der Waals surface area contributed by atoms with Gasteiger partial charge in [-0.1, -0.05) is 31.2 Å². The summed E-state index contributed by atoms with van der Waals surface area (Å²) < 4.78 is 0. The van der Waals surface area contributed by atoms with E-state index in [1.54, 1.807) is 0 Å². The summed E-state index contributed by atoms with van der Waals surface area (Å²) in [7, 11) is 4.10. The molecular weight excluding hydrogens is 262 g/mol. The Balaban J connectivity index is 2.13. The first-order chi connectivity index (χ1) is 10.1. The van der Waals surface area contributed by atoms with Gasteiger partial charge in [0.15, 0.2) is 0 Å². The molecule has 0 spiro atoms. The number of fused-ring (bicyclic) bond motifs is 1. The fourth-order valence-corrected chi connectivity index (χ4v) is 2.86. The van der Waals surface area contributed by atoms with Crippen molar-refractivity contribution in [3.05, 3.63) is 35.4 Å². The summed E-state index contributed by atoms with van der Waals surface area (Å²) in [6, 6.07) is 8.30. The highest BCUT2D eigenvalue weighted by atomic mass is 16.2. The molecule has 0 aliphatic carbocycles. The lowest BCUT2D eigenvalue weighted by molar-refractivity contribution is -0.133. The molecule has 1 amide bonds. The van der Waals surface area contributed by atoms with Crippen molar-refractivity contribution in [2.45, 2.75) is 25.8 Å². The summed E-state index contributed by atoms with van der Waals surface area (Å²) in [6.45, 7) is 6.30. The van der Waals surface area contributed by atoms with Gasteiger partial charge in [0, 0.05) is 32.7 Å². The highest BCUT2D eigenvalue weighted by molar-refractivity contribution is 5.84. The maximum atomic E-state index is 12.9. The molecule has 1 aliphatic heterocycles. The van der Waals surface area contributed by atoms with Gasteiger partial charge in [0.25, 0.3) is 0 Å². The van der Waals surface area contributed by atoms with Crippen LogP contribution in [-0.2, 0) is 11.3 Å². The molecule has 116 valence electrons. The number of nitrogens with zero attached hydrogens (tertiary/aromatic N) is 2. The molecule has 1 heterocycles. The number of hydrogen-bond donors (Lipinski definition) is 1. The van der Waals surface area contributed by atoms with Crippen LogP contribution < -0.4 is 5.32 Å². The van der Waals surface area contributed by atoms with Crippen molar-refractivity contribution < 1.29 is 4.79 Å². The Morgan fingerprint density at radius 1 is 1.24 bits per heavy atom. The van der Waals surface area contributed by atoms with E-state index in [1.807, 2.05) is 31.1 Å². The summed E-state index contributed by atoms with van der Waals surface area (Å²) in [5, 5.41) is 3.38. The van der Waals surface area contributed by atoms with Crippen molar-refractivity contribution >= 4 is 5.91 Å². The Hall–Kier alpha value is -1.39. The fraction of sp³-hybridized carbons (Fsp3) is 0.588. The second kappa shape index (κ2) is 7.57. The van der Waals surface area contributed by atoms with Gasteiger partial charge in [-0.2, -0.15) is 0 Å². The van der Waals surface area contributed by atoms with Gasteiger partial charge < -0.3 is 15.1 Å². The molecule has 1 aliphatic rings. The molecule has 1 aromatic rings. The van der Waals surface area contributed by atoms with Gasteiger partial charge in [-0.3, -0.25) is 4.79 Å². The van der Waals surface area contributed by atoms with Crippen molar-refractivity contribution in [3.63, 3.8) is 0 Å². The maximum absolute atomic E-state index is 12.9. The molecule has 4 nitrogen and oxygen atoms in total. The summed E-state index contributed by atoms with van der Waals surface area (Å²) in [5.74, 6) is 0.224. The Kier molecular flexibility index (Phi) is 5.76. The smallest absolute Gasteiger partial charge is 0.231 e. The molecular formula is C17H27N3O. The fourth-order valence-electron chi connectivity index (χ4n) is 2.86. The van der Waals surface area contributed by atoms with Gasteiger partial charge in [-0.25, -0.2) is 0 Å². The number of benzene rings is 1. The van der Waals surface area contributed by atoms with Gasteiger partial charge >= 0.3 is 0 Å². The number of nitrogens with one attached hydrogen (secondary N) is 1. The molecule has 0 bridgehead atoms. The molecule has 0 saturated heterocycles. The van der Waals surface area contributed by atoms with E-state index < -0.39 is 0 Å². The molecule has 0 aromatic heterocycles. The molecule has 0 saturated carbocycles. The predicted octanol–water partition coefficient (Wildman–Crippen LogP) is 1.67. The van der Waals surface area contributed by atoms with Crippen molar-refractivity contribution in [1.82, 2.24) is 15.1 Å². The van der Waals surface area contributed by atoms with Crippen LogP contribution in [0.4, 0.5) is 0 Å². The van der Waals surface area contributed by atoms with E-state index in [0.717, 1.165) is 39.1 Å². The van der Waals surface area contributed by atoms with Crippen LogP contribution in [0.25, 0.3) is 0 Å². The van der Waals surface area contributed by atoms with Gasteiger partial charge in [0.1, 0.15) is 0 Å². The predicted molar refractivity (Wildman–Crippen MR) is 86.3 cm³/mol. The average molecular weight is 289 g/mol. The third-order valence-corrected chi connectivity index (χ3v) is 4.01. The number of carbonyl (C=O) groups is 1. The molecule has 0 fully saturated rings. The highest BCUT2D eigenvalue weighted by Gasteiger charge is 2.29. The summed E-state index contributed by atoms with van der Waals surface area (Å²) in [6.07, 6.45) is 1.00. The summed E-state index contributed by atoms with van der Waals surface area (Å²) in [5.41, 5.74) is 2.46. The van der Waals surface area contributed by atoms with Crippen molar-refractivity contribution in [3.8, 4) is 0 Å². The molecule has 21 heavy (non-hydrogen) atoms. The van der Waals surface area contributed by atoms with Gasteiger partial charge in [-0.15, -0.1) is 0 Å². The second-order valence-electron chi connectivity index (χ2n) is 6.01. The zero-order valence-electron chi connectivity index (χ0n) is 13.4. The van der Waals surface area contributed by atoms with E-state index in [-0.39, 0.29) is 11.8 Å². The average Bonchev–Trinajstić information content (AvgIpc) is 2.50. The number of amides is 1. The number of likely N-dealkylation sites (N-methyl/N-ethyl adjacent to an activating group) is 1. The van der Waals surface area contributed by atoms with Crippen LogP contribution in [-0.4, -0.2) is 56.0 Å². The molecule has 0 radical (unpaired) electrons. The van der Waals surface area contributed by atoms with Crippen molar-refractivity contribution in [1.29, 1.82) is 0 Å². The van der Waals surface area contributed by atoms with Gasteiger partial charge in [0.2, 0.25) is 5.91 Å². The third-order valence-electron chi connectivity index (χ3n) is 4.01. The monoisotopic (exact) mass is 289 g/mol. The normalized spacial score (nSPS) is 17.6. The molecule has 2 rings (SSSR count). The minimum Gasteiger partial charge on any atom is -0.341 e. The highest BCUT2D eigenvalue weighted by Crippen LogP contribution is 2.25. The maximum Gasteiger partial charge on any atom is 0.231 e. The lowest BCUT2D eigenvalue weighted by Crippen LogP contribution is -2.44.